The van der Waals surface area contributed by atoms with Gasteiger partial charge in [0.25, 0.3) is 0 Å². The van der Waals surface area contributed by atoms with Gasteiger partial charge in [-0.15, -0.1) is 0 Å². The van der Waals surface area contributed by atoms with Crippen molar-refractivity contribution in [2.45, 2.75) is 13.5 Å². The fourth-order valence-electron chi connectivity index (χ4n) is 4.73. The van der Waals surface area contributed by atoms with E-state index in [4.69, 9.17) is 10.7 Å². The van der Waals surface area contributed by atoms with E-state index in [0.29, 0.717) is 34.7 Å². The summed E-state index contributed by atoms with van der Waals surface area (Å²) in [6.07, 6.45) is 9.46. The van der Waals surface area contributed by atoms with Crippen molar-refractivity contribution < 1.29 is 4.39 Å². The average Bonchev–Trinajstić information content (AvgIpc) is 3.44. The quantitative estimate of drug-likeness (QED) is 0.125. The third-order valence-electron chi connectivity index (χ3n) is 6.94. The van der Waals surface area contributed by atoms with Crippen LogP contribution in [-0.4, -0.2) is 21.5 Å². The topological polar surface area (TPSA) is 79.6 Å². The van der Waals surface area contributed by atoms with Crippen molar-refractivity contribution in [3.8, 4) is 11.1 Å². The Morgan fingerprint density at radius 1 is 1.05 bits per heavy atom. The number of halogens is 1. The third kappa shape index (κ3) is 6.24. The summed E-state index contributed by atoms with van der Waals surface area (Å²) in [5.41, 5.74) is 15.6. The van der Waals surface area contributed by atoms with Gasteiger partial charge >= 0.3 is 0 Å². The van der Waals surface area contributed by atoms with Crippen molar-refractivity contribution >= 4 is 27.9 Å². The van der Waals surface area contributed by atoms with E-state index < -0.39 is 0 Å². The molecule has 5 rings (SSSR count). The molecule has 0 radical (unpaired) electrons. The molecule has 4 N–H and O–H groups in total. The number of imidazole rings is 1. The van der Waals surface area contributed by atoms with Crippen molar-refractivity contribution in [3.63, 3.8) is 0 Å². The third-order valence-corrected chi connectivity index (χ3v) is 6.94. The Hall–Kier alpha value is -5.07. The highest BCUT2D eigenvalue weighted by Gasteiger charge is 2.16. The normalized spacial score (nSPS) is 12.0. The number of hydrogen-bond donors (Lipinski definition) is 3. The van der Waals surface area contributed by atoms with Crippen LogP contribution in [0.2, 0.25) is 0 Å². The molecule has 0 atom stereocenters. The number of nitrogens with two attached hydrogens (primary N) is 1. The van der Waals surface area contributed by atoms with E-state index in [9.17, 15) is 4.39 Å². The number of fused-ring (bicyclic) bond motifs is 1. The Balaban J connectivity index is 1.41. The Bertz CT molecular complexity index is 1780. The van der Waals surface area contributed by atoms with Crippen LogP contribution in [0, 0.1) is 5.82 Å². The van der Waals surface area contributed by atoms with Crippen molar-refractivity contribution in [1.29, 1.82) is 0 Å². The summed E-state index contributed by atoms with van der Waals surface area (Å²) in [7, 11) is 0. The first-order chi connectivity index (χ1) is 20.0. The Kier molecular flexibility index (Phi) is 8.32. The summed E-state index contributed by atoms with van der Waals surface area (Å²) in [6.45, 7) is 11.8. The minimum absolute atomic E-state index is 0.315. The second kappa shape index (κ2) is 12.4. The van der Waals surface area contributed by atoms with E-state index in [0.717, 1.165) is 39.9 Å². The second-order valence-corrected chi connectivity index (χ2v) is 9.72. The number of rotatable bonds is 10. The van der Waals surface area contributed by atoms with Crippen molar-refractivity contribution in [1.82, 2.24) is 20.3 Å². The maximum Gasteiger partial charge on any atom is 0.138 e. The fourth-order valence-corrected chi connectivity index (χ4v) is 4.73. The zero-order valence-corrected chi connectivity index (χ0v) is 23.0. The molecule has 5 nitrogen and oxygen atoms in total. The van der Waals surface area contributed by atoms with Crippen LogP contribution < -0.4 is 11.1 Å². The second-order valence-electron chi connectivity index (χ2n) is 9.72. The predicted molar refractivity (Wildman–Crippen MR) is 168 cm³/mol. The van der Waals surface area contributed by atoms with E-state index in [2.05, 4.69) is 52.7 Å². The molecular formula is C35H32FN5. The lowest BCUT2D eigenvalue weighted by Crippen LogP contribution is -2.15. The summed E-state index contributed by atoms with van der Waals surface area (Å²) >= 11 is 0. The van der Waals surface area contributed by atoms with Crippen LogP contribution in [-0.2, 0) is 6.54 Å². The summed E-state index contributed by atoms with van der Waals surface area (Å²) in [5.74, 6) is 0.258. The molecule has 0 unspecified atom stereocenters. The first kappa shape index (κ1) is 27.5. The largest absolute Gasteiger partial charge is 0.398 e. The number of anilines is 1. The first-order valence-corrected chi connectivity index (χ1v) is 13.4. The molecule has 0 amide bonds. The van der Waals surface area contributed by atoms with E-state index in [1.54, 1.807) is 18.5 Å². The van der Waals surface area contributed by atoms with Crippen LogP contribution in [0.4, 0.5) is 10.1 Å². The number of allylic oxidation sites excluding steroid dienone is 3. The van der Waals surface area contributed by atoms with Gasteiger partial charge in [-0.05, 0) is 59.0 Å². The van der Waals surface area contributed by atoms with Gasteiger partial charge in [0.05, 0.1) is 17.2 Å². The van der Waals surface area contributed by atoms with Crippen LogP contribution in [0.25, 0.3) is 33.3 Å². The number of nitrogens with zero attached hydrogens (tertiary/aromatic N) is 2. The molecule has 0 saturated carbocycles. The standard InChI is InChI=1S/C35H32FN5/c1-4-24(19-38-20-25-10-7-6-8-11-25)16-26(5-2)27-14-15-32(37)30(18-27)23(3)35-40-33-22-39-21-31(34(33)41-35)28-12-9-13-29(36)17-28/h4-18,21-22,38H,1,3,19-20,37H2,2H3,(H,40,41)/b24-16+,26-5+. The van der Waals surface area contributed by atoms with E-state index >= 15 is 0 Å². The van der Waals surface area contributed by atoms with Crippen molar-refractivity contribution in [2.24, 2.45) is 0 Å². The fraction of sp³-hybridized carbons (Fsp3) is 0.0857. The molecule has 5 aromatic rings. The van der Waals surface area contributed by atoms with Crippen molar-refractivity contribution in [3.05, 3.63) is 150 Å². The number of pyridine rings is 1. The van der Waals surface area contributed by atoms with Crippen molar-refractivity contribution in [2.75, 3.05) is 12.3 Å². The van der Waals surface area contributed by atoms with E-state index in [-0.39, 0.29) is 5.82 Å². The van der Waals surface area contributed by atoms with Gasteiger partial charge in [0.2, 0.25) is 0 Å². The Labute approximate surface area is 239 Å². The molecular weight excluding hydrogens is 509 g/mol. The zero-order chi connectivity index (χ0) is 28.8. The number of nitrogen functional groups attached to an aromatic ring is 1. The lowest BCUT2D eigenvalue weighted by atomic mass is 9.96. The summed E-state index contributed by atoms with van der Waals surface area (Å²) in [6, 6.07) is 22.6. The van der Waals surface area contributed by atoms with Crippen LogP contribution in [0.15, 0.2) is 122 Å². The number of benzene rings is 3. The summed E-state index contributed by atoms with van der Waals surface area (Å²) < 4.78 is 13.9. The van der Waals surface area contributed by atoms with Crippen LogP contribution in [0.5, 0.6) is 0 Å². The molecule has 6 heteroatoms. The molecule has 3 aromatic carbocycles. The number of nitrogens with one attached hydrogen (secondary N) is 2. The molecule has 0 aliphatic rings. The van der Waals surface area contributed by atoms with Gasteiger partial charge in [0.1, 0.15) is 11.6 Å². The highest BCUT2D eigenvalue weighted by Crippen LogP contribution is 2.32. The lowest BCUT2D eigenvalue weighted by molar-refractivity contribution is 0.628. The van der Waals surface area contributed by atoms with Crippen LogP contribution in [0.1, 0.15) is 29.4 Å². The minimum atomic E-state index is -0.315. The molecule has 0 aliphatic heterocycles. The smallest absolute Gasteiger partial charge is 0.138 e. The molecule has 2 aromatic heterocycles. The van der Waals surface area contributed by atoms with Crippen LogP contribution >= 0.6 is 0 Å². The minimum Gasteiger partial charge on any atom is -0.398 e. The van der Waals surface area contributed by atoms with Gasteiger partial charge in [-0.3, -0.25) is 4.98 Å². The maximum atomic E-state index is 13.9. The van der Waals surface area contributed by atoms with Gasteiger partial charge in [-0.2, -0.15) is 0 Å². The van der Waals surface area contributed by atoms with E-state index in [1.165, 1.54) is 17.7 Å². The number of aromatic nitrogens is 3. The maximum absolute atomic E-state index is 13.9. The van der Waals surface area contributed by atoms with Gasteiger partial charge in [-0.1, -0.05) is 79.9 Å². The highest BCUT2D eigenvalue weighted by atomic mass is 19.1. The molecule has 0 spiro atoms. The monoisotopic (exact) mass is 541 g/mol. The predicted octanol–water partition coefficient (Wildman–Crippen LogP) is 7.71. The molecule has 0 fully saturated rings. The molecule has 0 saturated heterocycles. The average molecular weight is 542 g/mol. The Morgan fingerprint density at radius 3 is 2.63 bits per heavy atom. The molecule has 0 bridgehead atoms. The van der Waals surface area contributed by atoms with Crippen LogP contribution in [0.3, 0.4) is 0 Å². The molecule has 204 valence electrons. The van der Waals surface area contributed by atoms with Gasteiger partial charge < -0.3 is 16.0 Å². The van der Waals surface area contributed by atoms with E-state index in [1.807, 2.05) is 55.5 Å². The summed E-state index contributed by atoms with van der Waals surface area (Å²) in [5, 5.41) is 3.49. The number of hydrogen-bond acceptors (Lipinski definition) is 4. The first-order valence-electron chi connectivity index (χ1n) is 13.4. The highest BCUT2D eigenvalue weighted by molar-refractivity contribution is 5.94. The van der Waals surface area contributed by atoms with Gasteiger partial charge in [0.15, 0.2) is 0 Å². The van der Waals surface area contributed by atoms with Gasteiger partial charge in [-0.25, -0.2) is 9.37 Å². The SMILES string of the molecule is C=C/C(=C\C(=C/C)c1ccc(N)c(C(=C)c2nc3c(-c4cccc(F)c4)cncc3[nH]2)c1)CNCc1ccccc1. The molecule has 2 heterocycles. The zero-order valence-electron chi connectivity index (χ0n) is 23.0. The molecule has 0 aliphatic carbocycles. The lowest BCUT2D eigenvalue weighted by Gasteiger charge is -2.12. The molecule has 41 heavy (non-hydrogen) atoms. The number of H-pyrrole nitrogens is 1. The Morgan fingerprint density at radius 2 is 1.88 bits per heavy atom. The van der Waals surface area contributed by atoms with Gasteiger partial charge in [0, 0.05) is 41.7 Å². The number of aromatic amines is 1. The summed E-state index contributed by atoms with van der Waals surface area (Å²) in [4.78, 5) is 12.5.